The average molecular weight is 355 g/mol. The van der Waals surface area contributed by atoms with Gasteiger partial charge in [-0.05, 0) is 37.0 Å². The highest BCUT2D eigenvalue weighted by molar-refractivity contribution is 5.95. The molecule has 1 aliphatic rings. The number of halogens is 5. The molecule has 1 aromatic carbocycles. The van der Waals surface area contributed by atoms with Gasteiger partial charge in [0.25, 0.3) is 5.91 Å². The Morgan fingerprint density at radius 2 is 2.04 bits per heavy atom. The zero-order valence-electron chi connectivity index (χ0n) is 12.6. The first-order chi connectivity index (χ1) is 10.2. The molecule has 1 saturated heterocycles. The lowest BCUT2D eigenvalue weighted by molar-refractivity contribution is -0.137. The van der Waals surface area contributed by atoms with Crippen molar-refractivity contribution in [1.29, 1.82) is 0 Å². The van der Waals surface area contributed by atoms with Crippen molar-refractivity contribution < 1.29 is 22.4 Å². The molecule has 0 spiro atoms. The van der Waals surface area contributed by atoms with Crippen LogP contribution in [0.1, 0.15) is 35.7 Å². The standard InChI is InChI=1S/C15H18F4N2O.ClH/c1-9-4-5-21(11(6-9)8-20)14(22)12-7-10(15(17,18)19)2-3-13(12)16;/h2-3,7,9,11H,4-6,8,20H2,1H3;1H. The Labute approximate surface area is 138 Å². The first-order valence-electron chi connectivity index (χ1n) is 7.11. The lowest BCUT2D eigenvalue weighted by Gasteiger charge is -2.38. The van der Waals surface area contributed by atoms with Crippen molar-refractivity contribution >= 4 is 18.3 Å². The molecule has 1 fully saturated rings. The van der Waals surface area contributed by atoms with Gasteiger partial charge in [-0.1, -0.05) is 6.92 Å². The Hall–Kier alpha value is -1.34. The molecular weight excluding hydrogens is 336 g/mol. The van der Waals surface area contributed by atoms with Crippen LogP contribution in [0.15, 0.2) is 18.2 Å². The van der Waals surface area contributed by atoms with E-state index < -0.39 is 29.0 Å². The number of benzene rings is 1. The van der Waals surface area contributed by atoms with Gasteiger partial charge in [-0.25, -0.2) is 4.39 Å². The third-order valence-electron chi connectivity index (χ3n) is 4.04. The van der Waals surface area contributed by atoms with E-state index in [9.17, 15) is 22.4 Å². The van der Waals surface area contributed by atoms with Crippen molar-refractivity contribution in [2.75, 3.05) is 13.1 Å². The molecule has 1 amide bonds. The summed E-state index contributed by atoms with van der Waals surface area (Å²) in [6, 6.07) is 1.61. The molecule has 0 aromatic heterocycles. The fraction of sp³-hybridized carbons (Fsp3) is 0.533. The van der Waals surface area contributed by atoms with Gasteiger partial charge in [0.05, 0.1) is 11.1 Å². The Bertz CT molecular complexity index is 565. The average Bonchev–Trinajstić information content (AvgIpc) is 2.45. The van der Waals surface area contributed by atoms with Crippen LogP contribution in [-0.2, 0) is 6.18 Å². The van der Waals surface area contributed by atoms with E-state index in [0.717, 1.165) is 6.42 Å². The van der Waals surface area contributed by atoms with Gasteiger partial charge >= 0.3 is 6.18 Å². The zero-order chi connectivity index (χ0) is 16.5. The number of alkyl halides is 3. The second-order valence-corrected chi connectivity index (χ2v) is 5.71. The highest BCUT2D eigenvalue weighted by Gasteiger charge is 2.34. The van der Waals surface area contributed by atoms with Crippen LogP contribution in [0.25, 0.3) is 0 Å². The minimum Gasteiger partial charge on any atom is -0.334 e. The molecular formula is C15H19ClF4N2O. The van der Waals surface area contributed by atoms with Crippen molar-refractivity contribution in [3.8, 4) is 0 Å². The Morgan fingerprint density at radius 1 is 1.39 bits per heavy atom. The minimum absolute atomic E-state index is 0. The first-order valence-corrected chi connectivity index (χ1v) is 7.11. The summed E-state index contributed by atoms with van der Waals surface area (Å²) in [5.74, 6) is -1.30. The number of likely N-dealkylation sites (tertiary alicyclic amines) is 1. The van der Waals surface area contributed by atoms with E-state index in [1.54, 1.807) is 0 Å². The van der Waals surface area contributed by atoms with Gasteiger partial charge in [-0.15, -0.1) is 12.4 Å². The number of hydrogen-bond donors (Lipinski definition) is 1. The molecule has 0 aliphatic carbocycles. The van der Waals surface area contributed by atoms with E-state index in [1.165, 1.54) is 4.90 Å². The van der Waals surface area contributed by atoms with Gasteiger partial charge in [0.1, 0.15) is 5.82 Å². The van der Waals surface area contributed by atoms with Crippen molar-refractivity contribution in [3.63, 3.8) is 0 Å². The minimum atomic E-state index is -4.62. The molecule has 1 aromatic rings. The van der Waals surface area contributed by atoms with Crippen molar-refractivity contribution in [2.24, 2.45) is 11.7 Å². The molecule has 23 heavy (non-hydrogen) atoms. The fourth-order valence-corrected chi connectivity index (χ4v) is 2.76. The second-order valence-electron chi connectivity index (χ2n) is 5.71. The SMILES string of the molecule is CC1CCN(C(=O)c2cc(C(F)(F)F)ccc2F)C(CN)C1.Cl. The van der Waals surface area contributed by atoms with Crippen LogP contribution in [-0.4, -0.2) is 29.9 Å². The van der Waals surface area contributed by atoms with E-state index in [-0.39, 0.29) is 25.0 Å². The highest BCUT2D eigenvalue weighted by Crippen LogP contribution is 2.31. The Kier molecular flexibility index (Phi) is 6.41. The summed E-state index contributed by atoms with van der Waals surface area (Å²) >= 11 is 0. The number of hydrogen-bond acceptors (Lipinski definition) is 2. The summed E-state index contributed by atoms with van der Waals surface area (Å²) in [6.45, 7) is 2.60. The number of nitrogens with two attached hydrogens (primary N) is 1. The van der Waals surface area contributed by atoms with Crippen molar-refractivity contribution in [3.05, 3.63) is 35.1 Å². The predicted octanol–water partition coefficient (Wildman–Crippen LogP) is 3.47. The maximum atomic E-state index is 13.8. The lowest BCUT2D eigenvalue weighted by Crippen LogP contribution is -2.49. The van der Waals surface area contributed by atoms with Gasteiger partial charge in [0, 0.05) is 19.1 Å². The third-order valence-corrected chi connectivity index (χ3v) is 4.04. The summed E-state index contributed by atoms with van der Waals surface area (Å²) in [6.07, 6.45) is -3.22. The number of amides is 1. The van der Waals surface area contributed by atoms with Crippen LogP contribution in [0.2, 0.25) is 0 Å². The van der Waals surface area contributed by atoms with Gasteiger partial charge in [0.2, 0.25) is 0 Å². The molecule has 2 N–H and O–H groups in total. The van der Waals surface area contributed by atoms with Gasteiger partial charge < -0.3 is 10.6 Å². The van der Waals surface area contributed by atoms with Crippen molar-refractivity contribution in [1.82, 2.24) is 4.90 Å². The first kappa shape index (κ1) is 19.7. The fourth-order valence-electron chi connectivity index (χ4n) is 2.76. The molecule has 8 heteroatoms. The Balaban J connectivity index is 0.00000264. The maximum absolute atomic E-state index is 13.8. The number of nitrogens with zero attached hydrogens (tertiary/aromatic N) is 1. The molecule has 0 radical (unpaired) electrons. The number of carbonyl (C=O) groups excluding carboxylic acids is 1. The second kappa shape index (κ2) is 7.49. The van der Waals surface area contributed by atoms with Crippen LogP contribution in [0.4, 0.5) is 17.6 Å². The quantitative estimate of drug-likeness (QED) is 0.827. The summed E-state index contributed by atoms with van der Waals surface area (Å²) in [5.41, 5.74) is 4.05. The van der Waals surface area contributed by atoms with E-state index in [2.05, 4.69) is 0 Å². The van der Waals surface area contributed by atoms with E-state index in [0.29, 0.717) is 37.1 Å². The number of piperidine rings is 1. The van der Waals surface area contributed by atoms with Gasteiger partial charge in [-0.3, -0.25) is 4.79 Å². The molecule has 130 valence electrons. The predicted molar refractivity (Wildman–Crippen MR) is 80.9 cm³/mol. The zero-order valence-corrected chi connectivity index (χ0v) is 13.4. The van der Waals surface area contributed by atoms with Crippen LogP contribution < -0.4 is 5.73 Å². The van der Waals surface area contributed by atoms with Crippen LogP contribution >= 0.6 is 12.4 Å². The molecule has 2 rings (SSSR count). The van der Waals surface area contributed by atoms with E-state index >= 15 is 0 Å². The largest absolute Gasteiger partial charge is 0.416 e. The normalized spacial score (nSPS) is 21.7. The maximum Gasteiger partial charge on any atom is 0.416 e. The molecule has 0 bridgehead atoms. The monoisotopic (exact) mass is 354 g/mol. The molecule has 0 saturated carbocycles. The molecule has 2 atom stereocenters. The summed E-state index contributed by atoms with van der Waals surface area (Å²) in [4.78, 5) is 13.8. The summed E-state index contributed by atoms with van der Waals surface area (Å²) in [5, 5.41) is 0. The number of rotatable bonds is 2. The third kappa shape index (κ3) is 4.35. The van der Waals surface area contributed by atoms with Gasteiger partial charge in [-0.2, -0.15) is 13.2 Å². The molecule has 1 heterocycles. The van der Waals surface area contributed by atoms with Gasteiger partial charge in [0.15, 0.2) is 0 Å². The Morgan fingerprint density at radius 3 is 2.61 bits per heavy atom. The lowest BCUT2D eigenvalue weighted by atomic mass is 9.91. The van der Waals surface area contributed by atoms with Crippen molar-refractivity contribution in [2.45, 2.75) is 32.0 Å². The summed E-state index contributed by atoms with van der Waals surface area (Å²) < 4.78 is 52.0. The molecule has 1 aliphatic heterocycles. The van der Waals surface area contributed by atoms with Crippen LogP contribution in [0.5, 0.6) is 0 Å². The van der Waals surface area contributed by atoms with E-state index in [4.69, 9.17) is 5.73 Å². The van der Waals surface area contributed by atoms with Crippen LogP contribution in [0.3, 0.4) is 0 Å². The smallest absolute Gasteiger partial charge is 0.334 e. The molecule has 3 nitrogen and oxygen atoms in total. The van der Waals surface area contributed by atoms with Crippen LogP contribution in [0, 0.1) is 11.7 Å². The highest BCUT2D eigenvalue weighted by atomic mass is 35.5. The number of carbonyl (C=O) groups is 1. The molecule has 2 unspecified atom stereocenters. The van der Waals surface area contributed by atoms with E-state index in [1.807, 2.05) is 6.92 Å². The summed E-state index contributed by atoms with van der Waals surface area (Å²) in [7, 11) is 0. The topological polar surface area (TPSA) is 46.3 Å².